The number of anilines is 1. The van der Waals surface area contributed by atoms with Crippen LogP contribution >= 0.6 is 0 Å². The Labute approximate surface area is 245 Å². The number of nitrogens with two attached hydrogens (primary N) is 1. The van der Waals surface area contributed by atoms with Gasteiger partial charge in [0.15, 0.2) is 5.82 Å². The molecular weight excluding hydrogens is 549 g/mol. The molecule has 0 bridgehead atoms. The molecule has 3 aromatic heterocycles. The summed E-state index contributed by atoms with van der Waals surface area (Å²) in [5, 5.41) is 17.0. The van der Waals surface area contributed by atoms with Crippen molar-refractivity contribution in [2.75, 3.05) is 5.73 Å². The number of carbonyl (C=O) groups is 1. The lowest BCUT2D eigenvalue weighted by Gasteiger charge is -2.20. The zero-order valence-electron chi connectivity index (χ0n) is 24.4. The highest BCUT2D eigenvalue weighted by Crippen LogP contribution is 2.37. The fraction of sp³-hybridized carbons (Fsp3) is 0.219. The van der Waals surface area contributed by atoms with E-state index in [0.29, 0.717) is 33.4 Å². The van der Waals surface area contributed by atoms with Gasteiger partial charge in [-0.1, -0.05) is 32.9 Å². The summed E-state index contributed by atoms with van der Waals surface area (Å²) in [6, 6.07) is 12.3. The summed E-state index contributed by atoms with van der Waals surface area (Å²) in [5.74, 6) is -0.800. The number of halogens is 1. The summed E-state index contributed by atoms with van der Waals surface area (Å²) >= 11 is 0. The fourth-order valence-corrected chi connectivity index (χ4v) is 5.29. The molecule has 6 aromatic rings. The molecule has 3 N–H and O–H groups in total. The first kappa shape index (κ1) is 27.8. The van der Waals surface area contributed by atoms with Crippen molar-refractivity contribution in [2.45, 2.75) is 39.7 Å². The number of esters is 1. The molecule has 6 rings (SSSR count). The molecule has 10 nitrogen and oxygen atoms in total. The van der Waals surface area contributed by atoms with E-state index in [9.17, 15) is 9.59 Å². The predicted molar refractivity (Wildman–Crippen MR) is 163 cm³/mol. The molecule has 3 heterocycles. The Bertz CT molecular complexity index is 2120. The Kier molecular flexibility index (Phi) is 6.60. The van der Waals surface area contributed by atoms with Gasteiger partial charge in [0.2, 0.25) is 0 Å². The van der Waals surface area contributed by atoms with Crippen molar-refractivity contribution in [2.24, 2.45) is 7.05 Å². The zero-order chi connectivity index (χ0) is 30.6. The lowest BCUT2D eigenvalue weighted by Crippen LogP contribution is -2.24. The van der Waals surface area contributed by atoms with E-state index >= 15 is 4.39 Å². The van der Waals surface area contributed by atoms with Crippen molar-refractivity contribution in [3.05, 3.63) is 88.4 Å². The number of nitrogen functional groups attached to an aromatic ring is 1. The van der Waals surface area contributed by atoms with Gasteiger partial charge in [0.1, 0.15) is 12.4 Å². The maximum absolute atomic E-state index is 15.5. The molecule has 0 amide bonds. The van der Waals surface area contributed by atoms with Crippen LogP contribution in [-0.4, -0.2) is 35.7 Å². The summed E-state index contributed by atoms with van der Waals surface area (Å²) in [6.07, 6.45) is 5.10. The van der Waals surface area contributed by atoms with Gasteiger partial charge >= 0.3 is 5.97 Å². The predicted octanol–water partition coefficient (Wildman–Crippen LogP) is 5.41. The first-order valence-corrected chi connectivity index (χ1v) is 13.7. The lowest BCUT2D eigenvalue weighted by molar-refractivity contribution is -0.142. The average molecular weight is 580 g/mol. The Morgan fingerprint density at radius 1 is 1.07 bits per heavy atom. The molecule has 43 heavy (non-hydrogen) atoms. The SMILES string of the molecule is CC(=O)OCc1c(-c2cc(-c3cnn(C)c3)c3[nH]nc(N)c3c2)cccc1-n1ncc2cc(C(C)(C)C)cc(F)c2c1=O. The summed E-state index contributed by atoms with van der Waals surface area (Å²) in [7, 11) is 1.83. The number of carbonyl (C=O) groups excluding carboxylic acids is 1. The van der Waals surface area contributed by atoms with E-state index in [1.165, 1.54) is 19.2 Å². The van der Waals surface area contributed by atoms with Gasteiger partial charge in [-0.2, -0.15) is 20.0 Å². The minimum absolute atomic E-state index is 0.0710. The molecule has 11 heteroatoms. The van der Waals surface area contributed by atoms with Crippen LogP contribution in [0.25, 0.3) is 49.6 Å². The van der Waals surface area contributed by atoms with E-state index in [4.69, 9.17) is 10.5 Å². The third-order valence-electron chi connectivity index (χ3n) is 7.53. The van der Waals surface area contributed by atoms with Crippen LogP contribution in [0, 0.1) is 5.82 Å². The van der Waals surface area contributed by atoms with Crippen LogP contribution in [0.2, 0.25) is 0 Å². The Hall–Kier alpha value is -5.32. The van der Waals surface area contributed by atoms with Gasteiger partial charge in [-0.15, -0.1) is 0 Å². The molecule has 0 spiro atoms. The van der Waals surface area contributed by atoms with Crippen molar-refractivity contribution < 1.29 is 13.9 Å². The number of hydrogen-bond acceptors (Lipinski definition) is 7. The van der Waals surface area contributed by atoms with Crippen LogP contribution < -0.4 is 11.3 Å². The van der Waals surface area contributed by atoms with Crippen molar-refractivity contribution >= 4 is 33.5 Å². The maximum Gasteiger partial charge on any atom is 0.302 e. The zero-order valence-corrected chi connectivity index (χ0v) is 24.4. The molecule has 0 aliphatic rings. The molecule has 0 saturated carbocycles. The van der Waals surface area contributed by atoms with E-state index in [-0.39, 0.29) is 17.4 Å². The summed E-state index contributed by atoms with van der Waals surface area (Å²) in [6.45, 7) is 7.08. The van der Waals surface area contributed by atoms with Crippen molar-refractivity contribution in [3.8, 4) is 27.9 Å². The van der Waals surface area contributed by atoms with Gasteiger partial charge in [-0.25, -0.2) is 4.39 Å². The summed E-state index contributed by atoms with van der Waals surface area (Å²) in [5.41, 5.74) is 10.7. The normalized spacial score (nSPS) is 11.9. The standard InChI is InChI=1S/C32H30FN7O3/c1-17(41)43-16-25-22(18-10-23(20-14-35-39(5)15-20)29-24(11-18)30(34)38-37-29)7-6-8-27(25)40-31(42)28-19(13-36-40)9-21(12-26(28)33)32(2,3)4/h6-15H,16H2,1-5H3,(H3,34,37,38). The molecule has 0 unspecified atom stereocenters. The number of hydrogen-bond donors (Lipinski definition) is 2. The van der Waals surface area contributed by atoms with Crippen LogP contribution in [0.5, 0.6) is 0 Å². The summed E-state index contributed by atoms with van der Waals surface area (Å²) < 4.78 is 23.8. The smallest absolute Gasteiger partial charge is 0.302 e. The van der Waals surface area contributed by atoms with Crippen molar-refractivity contribution in [1.82, 2.24) is 29.8 Å². The number of aryl methyl sites for hydroxylation is 1. The fourth-order valence-electron chi connectivity index (χ4n) is 5.29. The third-order valence-corrected chi connectivity index (χ3v) is 7.53. The number of benzene rings is 3. The van der Waals surface area contributed by atoms with Gasteiger partial charge in [0.05, 0.1) is 29.0 Å². The Balaban J connectivity index is 1.60. The molecule has 0 fully saturated rings. The number of fused-ring (bicyclic) bond motifs is 2. The highest BCUT2D eigenvalue weighted by atomic mass is 19.1. The number of H-pyrrole nitrogens is 1. The number of rotatable bonds is 5. The number of nitrogens with one attached hydrogen (secondary N) is 1. The second-order valence-electron chi connectivity index (χ2n) is 11.6. The van der Waals surface area contributed by atoms with E-state index in [1.54, 1.807) is 29.1 Å². The third kappa shape index (κ3) is 4.92. The van der Waals surface area contributed by atoms with Crippen LogP contribution in [0.3, 0.4) is 0 Å². The molecule has 0 saturated heterocycles. The van der Waals surface area contributed by atoms with E-state index in [0.717, 1.165) is 32.5 Å². The van der Waals surface area contributed by atoms with Crippen LogP contribution in [0.4, 0.5) is 10.2 Å². The first-order valence-electron chi connectivity index (χ1n) is 13.7. The minimum atomic E-state index is -0.623. The average Bonchev–Trinajstić information content (AvgIpc) is 3.56. The van der Waals surface area contributed by atoms with Crippen molar-refractivity contribution in [1.29, 1.82) is 0 Å². The van der Waals surface area contributed by atoms with Gasteiger partial charge in [0, 0.05) is 47.6 Å². The van der Waals surface area contributed by atoms with Crippen LogP contribution in [0.1, 0.15) is 38.8 Å². The Morgan fingerprint density at radius 2 is 1.86 bits per heavy atom. The molecule has 0 aliphatic carbocycles. The van der Waals surface area contributed by atoms with Crippen LogP contribution in [-0.2, 0) is 28.6 Å². The molecule has 0 aliphatic heterocycles. The monoisotopic (exact) mass is 579 g/mol. The number of aromatic amines is 1. The van der Waals surface area contributed by atoms with E-state index < -0.39 is 17.3 Å². The molecule has 218 valence electrons. The minimum Gasteiger partial charge on any atom is -0.461 e. The molecule has 0 atom stereocenters. The molecular formula is C32H30FN7O3. The number of ether oxygens (including phenoxy) is 1. The highest BCUT2D eigenvalue weighted by Gasteiger charge is 2.22. The van der Waals surface area contributed by atoms with E-state index in [1.807, 2.05) is 52.2 Å². The maximum atomic E-state index is 15.5. The van der Waals surface area contributed by atoms with Gasteiger partial charge in [-0.3, -0.25) is 19.4 Å². The van der Waals surface area contributed by atoms with E-state index in [2.05, 4.69) is 20.4 Å². The number of aromatic nitrogens is 6. The summed E-state index contributed by atoms with van der Waals surface area (Å²) in [4.78, 5) is 25.7. The van der Waals surface area contributed by atoms with Crippen LogP contribution in [0.15, 0.2) is 65.8 Å². The van der Waals surface area contributed by atoms with Gasteiger partial charge in [0.25, 0.3) is 5.56 Å². The highest BCUT2D eigenvalue weighted by molar-refractivity contribution is 6.02. The Morgan fingerprint density at radius 3 is 2.56 bits per heavy atom. The second kappa shape index (κ2) is 10.2. The molecule has 0 radical (unpaired) electrons. The number of nitrogens with zero attached hydrogens (tertiary/aromatic N) is 5. The molecule has 3 aromatic carbocycles. The van der Waals surface area contributed by atoms with Gasteiger partial charge < -0.3 is 10.5 Å². The van der Waals surface area contributed by atoms with Crippen molar-refractivity contribution in [3.63, 3.8) is 0 Å². The lowest BCUT2D eigenvalue weighted by atomic mass is 9.86. The largest absolute Gasteiger partial charge is 0.461 e. The second-order valence-corrected chi connectivity index (χ2v) is 11.6. The topological polar surface area (TPSA) is 134 Å². The quantitative estimate of drug-likeness (QED) is 0.261. The first-order chi connectivity index (χ1) is 20.4. The van der Waals surface area contributed by atoms with Gasteiger partial charge in [-0.05, 0) is 52.4 Å².